The number of carbonyl (C=O) groups excluding carboxylic acids is 2. The predicted octanol–water partition coefficient (Wildman–Crippen LogP) is 5.99. The smallest absolute Gasteiger partial charge is 0.343 e. The van der Waals surface area contributed by atoms with Gasteiger partial charge in [0.25, 0.3) is 0 Å². The van der Waals surface area contributed by atoms with Crippen LogP contribution in [-0.4, -0.2) is 19.4 Å². The molecule has 0 saturated heterocycles. The van der Waals surface area contributed by atoms with Crippen molar-refractivity contribution in [2.45, 2.75) is 44.8 Å². The minimum atomic E-state index is -1.28. The van der Waals surface area contributed by atoms with E-state index < -0.39 is 17.7 Å². The van der Waals surface area contributed by atoms with Gasteiger partial charge in [-0.25, -0.2) is 4.79 Å². The van der Waals surface area contributed by atoms with Gasteiger partial charge in [-0.2, -0.15) is 0 Å². The van der Waals surface area contributed by atoms with E-state index in [4.69, 9.17) is 9.47 Å². The molecule has 0 bridgehead atoms. The van der Waals surface area contributed by atoms with Crippen LogP contribution >= 0.6 is 0 Å². The summed E-state index contributed by atoms with van der Waals surface area (Å²) < 4.78 is 11.8. The standard InChI is InChI=1S/C26H28O4/c1-4-5-17-24(22-15-9-7-12-20(22)18-27)30-25(28)26(2,29-3)23-16-10-13-19-11-6-8-14-21(19)23/h6-16,18,24H,4-5,17H2,1-3H3/t24-,26-/m0/s1. The molecule has 4 nitrogen and oxygen atoms in total. The van der Waals surface area contributed by atoms with Crippen molar-refractivity contribution in [3.05, 3.63) is 83.4 Å². The van der Waals surface area contributed by atoms with Gasteiger partial charge in [0.05, 0.1) is 0 Å². The maximum atomic E-state index is 13.5. The van der Waals surface area contributed by atoms with Gasteiger partial charge < -0.3 is 9.47 Å². The average molecular weight is 405 g/mol. The summed E-state index contributed by atoms with van der Waals surface area (Å²) in [5, 5.41) is 1.97. The second-order valence-corrected chi connectivity index (χ2v) is 7.55. The first-order valence-corrected chi connectivity index (χ1v) is 10.3. The number of esters is 1. The molecule has 0 fully saturated rings. The molecule has 0 aliphatic carbocycles. The van der Waals surface area contributed by atoms with Crippen LogP contribution in [0, 0.1) is 0 Å². The number of rotatable bonds is 9. The van der Waals surface area contributed by atoms with Crippen LogP contribution < -0.4 is 0 Å². The van der Waals surface area contributed by atoms with Gasteiger partial charge in [-0.05, 0) is 30.5 Å². The lowest BCUT2D eigenvalue weighted by Crippen LogP contribution is -2.37. The molecule has 0 unspecified atom stereocenters. The summed E-state index contributed by atoms with van der Waals surface area (Å²) in [6, 6.07) is 21.0. The lowest BCUT2D eigenvalue weighted by molar-refractivity contribution is -0.175. The van der Waals surface area contributed by atoms with Crippen LogP contribution in [0.5, 0.6) is 0 Å². The molecule has 30 heavy (non-hydrogen) atoms. The van der Waals surface area contributed by atoms with Crippen molar-refractivity contribution in [2.24, 2.45) is 0 Å². The van der Waals surface area contributed by atoms with Gasteiger partial charge >= 0.3 is 5.97 Å². The number of carbonyl (C=O) groups is 2. The first-order valence-electron chi connectivity index (χ1n) is 10.3. The van der Waals surface area contributed by atoms with Crippen LogP contribution in [0.3, 0.4) is 0 Å². The first kappa shape index (κ1) is 21.7. The number of aldehydes is 1. The van der Waals surface area contributed by atoms with E-state index in [0.29, 0.717) is 12.0 Å². The third kappa shape index (κ3) is 4.29. The Morgan fingerprint density at radius 3 is 2.47 bits per heavy atom. The van der Waals surface area contributed by atoms with Crippen molar-refractivity contribution >= 4 is 23.0 Å². The van der Waals surface area contributed by atoms with Crippen LogP contribution in [0.1, 0.15) is 60.7 Å². The Labute approximate surface area is 177 Å². The second kappa shape index (κ2) is 9.68. The number of methoxy groups -OCH3 is 1. The fraction of sp³-hybridized carbons (Fsp3) is 0.308. The minimum Gasteiger partial charge on any atom is -0.455 e. The van der Waals surface area contributed by atoms with E-state index >= 15 is 0 Å². The van der Waals surface area contributed by atoms with Crippen LogP contribution in [0.25, 0.3) is 10.8 Å². The minimum absolute atomic E-state index is 0.469. The van der Waals surface area contributed by atoms with Crippen LogP contribution in [0.15, 0.2) is 66.7 Å². The molecule has 156 valence electrons. The summed E-state index contributed by atoms with van der Waals surface area (Å²) in [5.74, 6) is -0.469. The van der Waals surface area contributed by atoms with Crippen LogP contribution in [-0.2, 0) is 19.9 Å². The zero-order valence-corrected chi connectivity index (χ0v) is 17.8. The Balaban J connectivity index is 1.99. The van der Waals surface area contributed by atoms with Gasteiger partial charge in [-0.3, -0.25) is 4.79 Å². The molecule has 0 aliphatic rings. The normalized spacial score (nSPS) is 14.1. The highest BCUT2D eigenvalue weighted by molar-refractivity contribution is 5.92. The summed E-state index contributed by atoms with van der Waals surface area (Å²) >= 11 is 0. The van der Waals surface area contributed by atoms with E-state index in [0.717, 1.165) is 41.0 Å². The van der Waals surface area contributed by atoms with Gasteiger partial charge in [0.15, 0.2) is 5.60 Å². The Morgan fingerprint density at radius 2 is 1.73 bits per heavy atom. The Hall–Kier alpha value is -2.98. The summed E-state index contributed by atoms with van der Waals surface area (Å²) in [5.41, 5.74) is 0.744. The van der Waals surface area contributed by atoms with Crippen molar-refractivity contribution in [1.29, 1.82) is 0 Å². The van der Waals surface area contributed by atoms with E-state index in [1.165, 1.54) is 7.11 Å². The van der Waals surface area contributed by atoms with E-state index in [1.54, 1.807) is 19.1 Å². The van der Waals surface area contributed by atoms with Crippen LogP contribution in [0.2, 0.25) is 0 Å². The highest BCUT2D eigenvalue weighted by atomic mass is 16.6. The molecule has 0 N–H and O–H groups in total. The number of hydrogen-bond donors (Lipinski definition) is 0. The van der Waals surface area contributed by atoms with Gasteiger partial charge in [0.1, 0.15) is 12.4 Å². The highest BCUT2D eigenvalue weighted by Crippen LogP contribution is 2.35. The number of ether oxygens (including phenoxy) is 2. The van der Waals surface area contributed by atoms with E-state index in [-0.39, 0.29) is 0 Å². The fourth-order valence-corrected chi connectivity index (χ4v) is 3.77. The zero-order valence-electron chi connectivity index (χ0n) is 17.8. The van der Waals surface area contributed by atoms with Crippen molar-refractivity contribution in [2.75, 3.05) is 7.11 Å². The molecule has 0 aromatic heterocycles. The van der Waals surface area contributed by atoms with Gasteiger partial charge in [-0.1, -0.05) is 80.1 Å². The molecule has 0 aliphatic heterocycles. The summed E-state index contributed by atoms with van der Waals surface area (Å²) in [7, 11) is 1.52. The van der Waals surface area contributed by atoms with E-state index in [1.807, 2.05) is 54.6 Å². The highest BCUT2D eigenvalue weighted by Gasteiger charge is 2.40. The number of fused-ring (bicyclic) bond motifs is 1. The molecule has 4 heteroatoms. The molecule has 0 amide bonds. The lowest BCUT2D eigenvalue weighted by atomic mass is 9.90. The molecule has 0 saturated carbocycles. The molecular weight excluding hydrogens is 376 g/mol. The summed E-state index contributed by atoms with van der Waals surface area (Å²) in [4.78, 5) is 25.0. The second-order valence-electron chi connectivity index (χ2n) is 7.55. The molecular formula is C26H28O4. The molecule has 2 atom stereocenters. The number of unbranched alkanes of at least 4 members (excludes halogenated alkanes) is 1. The van der Waals surface area contributed by atoms with Gasteiger partial charge in [-0.15, -0.1) is 0 Å². The third-order valence-corrected chi connectivity index (χ3v) is 5.64. The molecule has 0 heterocycles. The monoisotopic (exact) mass is 404 g/mol. The maximum Gasteiger partial charge on any atom is 0.343 e. The fourth-order valence-electron chi connectivity index (χ4n) is 3.77. The largest absolute Gasteiger partial charge is 0.455 e. The average Bonchev–Trinajstić information content (AvgIpc) is 2.80. The van der Waals surface area contributed by atoms with Crippen molar-refractivity contribution in [3.63, 3.8) is 0 Å². The maximum absolute atomic E-state index is 13.5. The summed E-state index contributed by atoms with van der Waals surface area (Å²) in [6.07, 6.45) is 2.78. The Morgan fingerprint density at radius 1 is 1.03 bits per heavy atom. The summed E-state index contributed by atoms with van der Waals surface area (Å²) in [6.45, 7) is 3.82. The molecule has 3 aromatic carbocycles. The van der Waals surface area contributed by atoms with Gasteiger partial charge in [0, 0.05) is 23.8 Å². The topological polar surface area (TPSA) is 52.6 Å². The van der Waals surface area contributed by atoms with Crippen LogP contribution in [0.4, 0.5) is 0 Å². The predicted molar refractivity (Wildman–Crippen MR) is 118 cm³/mol. The Bertz CT molecular complexity index is 1020. The van der Waals surface area contributed by atoms with Crippen molar-refractivity contribution < 1.29 is 19.1 Å². The van der Waals surface area contributed by atoms with E-state index in [9.17, 15) is 9.59 Å². The SMILES string of the molecule is CCCC[C@H](OC(=O)[C@@](C)(OC)c1cccc2ccccc12)c1ccccc1C=O. The molecule has 3 rings (SSSR count). The van der Waals surface area contributed by atoms with Crippen molar-refractivity contribution in [3.8, 4) is 0 Å². The molecule has 0 radical (unpaired) electrons. The van der Waals surface area contributed by atoms with Gasteiger partial charge in [0.2, 0.25) is 0 Å². The number of benzene rings is 3. The Kier molecular flexibility index (Phi) is 7.01. The first-order chi connectivity index (χ1) is 14.5. The molecule has 0 spiro atoms. The number of hydrogen-bond acceptors (Lipinski definition) is 4. The van der Waals surface area contributed by atoms with Crippen molar-refractivity contribution in [1.82, 2.24) is 0 Å². The quantitative estimate of drug-likeness (QED) is 0.325. The lowest BCUT2D eigenvalue weighted by Gasteiger charge is -2.30. The van der Waals surface area contributed by atoms with E-state index in [2.05, 4.69) is 6.92 Å². The third-order valence-electron chi connectivity index (χ3n) is 5.64. The molecule has 3 aromatic rings. The zero-order chi connectivity index (χ0) is 21.6.